The number of hydrogen-bond acceptors (Lipinski definition) is 19. The molecule has 3 aliphatic rings. The molecule has 2 aromatic rings. The van der Waals surface area contributed by atoms with E-state index in [2.05, 4.69) is 0 Å². The molecule has 0 saturated carbocycles. The second kappa shape index (κ2) is 17.6. The molecule has 14 unspecified atom stereocenters. The fourth-order valence-electron chi connectivity index (χ4n) is 6.02. The lowest BCUT2D eigenvalue weighted by Gasteiger charge is -2.47. The molecule has 53 heavy (non-hydrogen) atoms. The molecule has 5 rings (SSSR count). The summed E-state index contributed by atoms with van der Waals surface area (Å²) in [5.41, 5.74) is 0.834. The Bertz CT molecular complexity index is 1560. The molecular formula is C34H44O19. The minimum atomic E-state index is -1.82. The number of carbonyl (C=O) groups is 1. The highest BCUT2D eigenvalue weighted by atomic mass is 16.8. The zero-order chi connectivity index (χ0) is 38.6. The van der Waals surface area contributed by atoms with E-state index in [9.17, 15) is 61.0 Å². The Kier molecular flexibility index (Phi) is 13.5. The van der Waals surface area contributed by atoms with E-state index >= 15 is 0 Å². The molecule has 2 aromatic carbocycles. The lowest BCUT2D eigenvalue weighted by Crippen LogP contribution is -2.65. The van der Waals surface area contributed by atoms with Gasteiger partial charge < -0.3 is 89.3 Å². The van der Waals surface area contributed by atoms with Crippen molar-refractivity contribution < 1.29 is 94.1 Å². The topological polar surface area (TPSA) is 304 Å². The maximum atomic E-state index is 13.1. The fraction of sp³-hybridized carbons (Fsp3) is 0.559. The number of esters is 1. The third-order valence-electron chi connectivity index (χ3n) is 9.04. The summed E-state index contributed by atoms with van der Waals surface area (Å²) < 4.78 is 40.2. The van der Waals surface area contributed by atoms with Crippen molar-refractivity contribution in [2.45, 2.75) is 99.4 Å². The van der Waals surface area contributed by atoms with Crippen molar-refractivity contribution in [3.05, 3.63) is 53.6 Å². The van der Waals surface area contributed by atoms with Gasteiger partial charge in [-0.15, -0.1) is 0 Å². The Morgan fingerprint density at radius 1 is 0.679 bits per heavy atom. The molecule has 0 spiro atoms. The van der Waals surface area contributed by atoms with Crippen molar-refractivity contribution in [3.8, 4) is 23.0 Å². The molecule has 0 radical (unpaired) electrons. The van der Waals surface area contributed by atoms with Crippen LogP contribution in [0.25, 0.3) is 6.08 Å². The van der Waals surface area contributed by atoms with E-state index in [1.165, 1.54) is 49.4 Å². The van der Waals surface area contributed by atoms with E-state index in [1.807, 2.05) is 0 Å². The predicted molar refractivity (Wildman–Crippen MR) is 174 cm³/mol. The lowest BCUT2D eigenvalue weighted by atomic mass is 9.96. The number of carbonyl (C=O) groups excluding carboxylic acids is 1. The van der Waals surface area contributed by atoms with Gasteiger partial charge in [-0.3, -0.25) is 0 Å². The minimum Gasteiger partial charge on any atom is -0.504 e. The average molecular weight is 757 g/mol. The van der Waals surface area contributed by atoms with E-state index in [4.69, 9.17) is 33.2 Å². The summed E-state index contributed by atoms with van der Waals surface area (Å²) in [7, 11) is 0. The van der Waals surface area contributed by atoms with E-state index in [0.717, 1.165) is 6.08 Å². The zero-order valence-corrected chi connectivity index (χ0v) is 28.2. The molecule has 0 amide bonds. The second-order valence-electron chi connectivity index (χ2n) is 12.7. The summed E-state index contributed by atoms with van der Waals surface area (Å²) in [5.74, 6) is -2.58. The van der Waals surface area contributed by atoms with Crippen LogP contribution in [0.1, 0.15) is 18.1 Å². The number of phenolic OH excluding ortho intramolecular Hbond substituents is 4. The monoisotopic (exact) mass is 756 g/mol. The van der Waals surface area contributed by atoms with Crippen LogP contribution in [0, 0.1) is 0 Å². The van der Waals surface area contributed by atoms with E-state index in [1.54, 1.807) is 0 Å². The summed E-state index contributed by atoms with van der Waals surface area (Å²) >= 11 is 0. The summed E-state index contributed by atoms with van der Waals surface area (Å²) in [5, 5.41) is 113. The van der Waals surface area contributed by atoms with Crippen molar-refractivity contribution in [2.24, 2.45) is 0 Å². The first kappa shape index (κ1) is 40.5. The Labute approximate surface area is 302 Å². The van der Waals surface area contributed by atoms with Gasteiger partial charge in [0.1, 0.15) is 54.9 Å². The van der Waals surface area contributed by atoms with Crippen LogP contribution < -0.4 is 0 Å². The number of aliphatic hydroxyl groups excluding tert-OH is 7. The molecule has 19 nitrogen and oxygen atoms in total. The SMILES string of the molecule is CC1OC(OC2C(O)C(OCCc3ccc(O)c(O)c3)OC(CO)C2OC(=O)C=Cc2ccc(O)c(O)c2)C(OC2OC(CO)C(O)C2O)C(O)C1O. The standard InChI is InChI=1S/C34H44O19/c1-14-24(42)26(44)31(53-33-27(45)25(43)21(12-35)49-33)34(48-14)52-30-28(46)32(47-9-8-16-3-6-18(38)20(40)11-16)50-22(13-36)29(30)51-23(41)7-4-15-2-5-17(37)19(39)10-15/h2-7,10-11,14,21-22,24-40,42-46H,8-9,12-13H2,1H3. The van der Waals surface area contributed by atoms with Gasteiger partial charge in [-0.2, -0.15) is 0 Å². The number of aromatic hydroxyl groups is 4. The Morgan fingerprint density at radius 3 is 1.96 bits per heavy atom. The summed E-state index contributed by atoms with van der Waals surface area (Å²) in [6, 6.07) is 7.85. The van der Waals surface area contributed by atoms with E-state index in [-0.39, 0.29) is 30.3 Å². The van der Waals surface area contributed by atoms with Crippen LogP contribution in [0.2, 0.25) is 0 Å². The van der Waals surface area contributed by atoms with Crippen LogP contribution in [0.5, 0.6) is 23.0 Å². The van der Waals surface area contributed by atoms with Gasteiger partial charge in [-0.25, -0.2) is 4.79 Å². The molecule has 11 N–H and O–H groups in total. The molecule has 0 aromatic heterocycles. The minimum absolute atomic E-state index is 0.137. The zero-order valence-electron chi connectivity index (χ0n) is 28.2. The Morgan fingerprint density at radius 2 is 1.32 bits per heavy atom. The number of benzene rings is 2. The fourth-order valence-corrected chi connectivity index (χ4v) is 6.02. The van der Waals surface area contributed by atoms with Gasteiger partial charge in [0.05, 0.1) is 25.9 Å². The number of ether oxygens (including phenoxy) is 7. The number of phenols is 4. The molecule has 3 aliphatic heterocycles. The first-order chi connectivity index (χ1) is 25.2. The van der Waals surface area contributed by atoms with Crippen molar-refractivity contribution in [2.75, 3.05) is 19.8 Å². The molecule has 14 atom stereocenters. The van der Waals surface area contributed by atoms with Gasteiger partial charge in [-0.1, -0.05) is 12.1 Å². The average Bonchev–Trinajstić information content (AvgIpc) is 3.41. The van der Waals surface area contributed by atoms with E-state index < -0.39 is 111 Å². The molecule has 0 bridgehead atoms. The van der Waals surface area contributed by atoms with Gasteiger partial charge in [0.25, 0.3) is 0 Å². The molecule has 3 fully saturated rings. The van der Waals surface area contributed by atoms with Gasteiger partial charge >= 0.3 is 5.97 Å². The lowest BCUT2D eigenvalue weighted by molar-refractivity contribution is -0.372. The van der Waals surface area contributed by atoms with E-state index in [0.29, 0.717) is 11.1 Å². The van der Waals surface area contributed by atoms with Crippen LogP contribution in [0.3, 0.4) is 0 Å². The highest BCUT2D eigenvalue weighted by Gasteiger charge is 2.54. The van der Waals surface area contributed by atoms with Crippen LogP contribution in [-0.2, 0) is 44.4 Å². The second-order valence-corrected chi connectivity index (χ2v) is 12.7. The summed E-state index contributed by atoms with van der Waals surface area (Å²) in [4.78, 5) is 13.1. The van der Waals surface area contributed by atoms with Crippen LogP contribution in [0.4, 0.5) is 0 Å². The number of rotatable bonds is 13. The smallest absolute Gasteiger partial charge is 0.331 e. The molecule has 3 saturated heterocycles. The quantitative estimate of drug-likeness (QED) is 0.0569. The normalized spacial score (nSPS) is 36.2. The highest BCUT2D eigenvalue weighted by molar-refractivity contribution is 5.87. The third kappa shape index (κ3) is 9.35. The van der Waals surface area contributed by atoms with Crippen LogP contribution in [-0.4, -0.2) is 168 Å². The molecule has 19 heteroatoms. The van der Waals surface area contributed by atoms with Crippen molar-refractivity contribution in [1.82, 2.24) is 0 Å². The first-order valence-electron chi connectivity index (χ1n) is 16.6. The van der Waals surface area contributed by atoms with Crippen molar-refractivity contribution in [1.29, 1.82) is 0 Å². The Hall–Kier alpha value is -3.67. The predicted octanol–water partition coefficient (Wildman–Crippen LogP) is -2.55. The Balaban J connectivity index is 1.40. The van der Waals surface area contributed by atoms with Gasteiger partial charge in [0.2, 0.25) is 0 Å². The van der Waals surface area contributed by atoms with Crippen molar-refractivity contribution >= 4 is 12.0 Å². The molecular weight excluding hydrogens is 712 g/mol. The van der Waals surface area contributed by atoms with Gasteiger partial charge in [-0.05, 0) is 54.8 Å². The maximum absolute atomic E-state index is 13.1. The van der Waals surface area contributed by atoms with Gasteiger partial charge in [0.15, 0.2) is 48.0 Å². The number of hydrogen-bond donors (Lipinski definition) is 11. The van der Waals surface area contributed by atoms with Crippen molar-refractivity contribution in [3.63, 3.8) is 0 Å². The van der Waals surface area contributed by atoms with Gasteiger partial charge in [0, 0.05) is 6.08 Å². The summed E-state index contributed by atoms with van der Waals surface area (Å²) in [6.07, 6.45) is -19.9. The molecule has 294 valence electrons. The summed E-state index contributed by atoms with van der Waals surface area (Å²) in [6.45, 7) is -0.247. The highest BCUT2D eigenvalue weighted by Crippen LogP contribution is 2.35. The number of aliphatic hydroxyl groups is 7. The maximum Gasteiger partial charge on any atom is 0.331 e. The van der Waals surface area contributed by atoms with Crippen LogP contribution >= 0.6 is 0 Å². The van der Waals surface area contributed by atoms with Crippen LogP contribution in [0.15, 0.2) is 42.5 Å². The third-order valence-corrected chi connectivity index (χ3v) is 9.04. The molecule has 3 heterocycles. The first-order valence-corrected chi connectivity index (χ1v) is 16.6. The largest absolute Gasteiger partial charge is 0.504 e. The molecule has 0 aliphatic carbocycles.